The Hall–Kier alpha value is -2.39. The molecule has 2 fully saturated rings. The summed E-state index contributed by atoms with van der Waals surface area (Å²) in [6.45, 7) is 7.13. The van der Waals surface area contributed by atoms with Gasteiger partial charge in [0, 0.05) is 58.5 Å². The van der Waals surface area contributed by atoms with Crippen LogP contribution in [0.25, 0.3) is 0 Å². The smallest absolute Gasteiger partial charge is 0.243 e. The minimum absolute atomic E-state index is 0.0375. The molecular weight excluding hydrogens is 411 g/mol. The fourth-order valence-electron chi connectivity index (χ4n) is 3.97. The number of rotatable bonds is 8. The second-order valence-corrected chi connectivity index (χ2v) is 8.60. The van der Waals surface area contributed by atoms with Gasteiger partial charge in [0.1, 0.15) is 12.4 Å². The number of hydrogen-bond donors (Lipinski definition) is 2. The van der Waals surface area contributed by atoms with Gasteiger partial charge in [-0.25, -0.2) is 9.38 Å². The first kappa shape index (κ1) is 24.3. The van der Waals surface area contributed by atoms with Gasteiger partial charge >= 0.3 is 0 Å². The molecule has 9 heteroatoms. The van der Waals surface area contributed by atoms with Crippen molar-refractivity contribution >= 4 is 17.6 Å². The molecule has 3 rings (SSSR count). The number of nitrogens with zero attached hydrogens (tertiary/aromatic N) is 4. The standard InChI is InChI=1S/C23H37FN6O2/c1-28(2)22(31)17-26-23(25-9-5-10-29-12-14-32-15-13-29)27-20-7-4-11-30(18-20)21-8-3-6-19(24)16-21/h3,6,8,16,20H,4-5,7,9-15,17-18H2,1-2H3,(H2,25,26,27). The number of guanidine groups is 1. The van der Waals surface area contributed by atoms with Crippen LogP contribution in [0.3, 0.4) is 0 Å². The van der Waals surface area contributed by atoms with Crippen LogP contribution in [0.4, 0.5) is 10.1 Å². The zero-order chi connectivity index (χ0) is 22.8. The van der Waals surface area contributed by atoms with E-state index in [1.54, 1.807) is 31.1 Å². The van der Waals surface area contributed by atoms with E-state index in [1.165, 1.54) is 6.07 Å². The number of ether oxygens (including phenoxy) is 1. The van der Waals surface area contributed by atoms with Crippen LogP contribution in [-0.2, 0) is 9.53 Å². The Morgan fingerprint density at radius 1 is 1.28 bits per heavy atom. The molecule has 2 aliphatic heterocycles. The fourth-order valence-corrected chi connectivity index (χ4v) is 3.97. The first-order valence-corrected chi connectivity index (χ1v) is 11.6. The lowest BCUT2D eigenvalue weighted by molar-refractivity contribution is -0.127. The summed E-state index contributed by atoms with van der Waals surface area (Å²) in [7, 11) is 3.47. The number of likely N-dealkylation sites (N-methyl/N-ethyl adjacent to an activating group) is 1. The van der Waals surface area contributed by atoms with Crippen molar-refractivity contribution in [2.24, 2.45) is 4.99 Å². The van der Waals surface area contributed by atoms with Crippen molar-refractivity contribution in [2.45, 2.75) is 25.3 Å². The van der Waals surface area contributed by atoms with Crippen LogP contribution in [0.5, 0.6) is 0 Å². The van der Waals surface area contributed by atoms with E-state index in [2.05, 4.69) is 25.4 Å². The van der Waals surface area contributed by atoms with Gasteiger partial charge in [-0.15, -0.1) is 0 Å². The number of halogens is 1. The van der Waals surface area contributed by atoms with Crippen LogP contribution >= 0.6 is 0 Å². The lowest BCUT2D eigenvalue weighted by atomic mass is 10.0. The highest BCUT2D eigenvalue weighted by atomic mass is 19.1. The van der Waals surface area contributed by atoms with Crippen LogP contribution in [0.1, 0.15) is 19.3 Å². The van der Waals surface area contributed by atoms with E-state index in [9.17, 15) is 9.18 Å². The van der Waals surface area contributed by atoms with Crippen molar-refractivity contribution in [3.8, 4) is 0 Å². The summed E-state index contributed by atoms with van der Waals surface area (Å²) >= 11 is 0. The SMILES string of the molecule is CN(C)C(=O)CN=C(NCCCN1CCOCC1)NC1CCCN(c2cccc(F)c2)C1. The first-order valence-electron chi connectivity index (χ1n) is 11.6. The number of piperidine rings is 1. The number of hydrogen-bond acceptors (Lipinski definition) is 5. The maximum absolute atomic E-state index is 13.7. The zero-order valence-electron chi connectivity index (χ0n) is 19.4. The Morgan fingerprint density at radius 2 is 2.09 bits per heavy atom. The minimum atomic E-state index is -0.219. The van der Waals surface area contributed by atoms with Gasteiger partial charge in [0.15, 0.2) is 5.96 Å². The Labute approximate surface area is 190 Å². The molecule has 8 nitrogen and oxygen atoms in total. The predicted octanol–water partition coefficient (Wildman–Crippen LogP) is 1.14. The normalized spacial score (nSPS) is 20.2. The lowest BCUT2D eigenvalue weighted by Crippen LogP contribution is -2.52. The van der Waals surface area contributed by atoms with E-state index < -0.39 is 0 Å². The van der Waals surface area contributed by atoms with Crippen LogP contribution < -0.4 is 15.5 Å². The third-order valence-corrected chi connectivity index (χ3v) is 5.85. The van der Waals surface area contributed by atoms with Crippen molar-refractivity contribution in [3.63, 3.8) is 0 Å². The molecule has 2 N–H and O–H groups in total. The predicted molar refractivity (Wildman–Crippen MR) is 126 cm³/mol. The Kier molecular flexibility index (Phi) is 9.55. The summed E-state index contributed by atoms with van der Waals surface area (Å²) in [6, 6.07) is 6.91. The molecule has 0 radical (unpaired) electrons. The second-order valence-electron chi connectivity index (χ2n) is 8.60. The highest BCUT2D eigenvalue weighted by molar-refractivity contribution is 5.85. The first-order chi connectivity index (χ1) is 15.5. The number of benzene rings is 1. The summed E-state index contributed by atoms with van der Waals surface area (Å²) in [6.07, 6.45) is 3.00. The third-order valence-electron chi connectivity index (χ3n) is 5.85. The molecule has 1 aromatic carbocycles. The number of carbonyl (C=O) groups is 1. The number of nitrogens with one attached hydrogen (secondary N) is 2. The fraction of sp³-hybridized carbons (Fsp3) is 0.652. The van der Waals surface area contributed by atoms with E-state index in [4.69, 9.17) is 4.74 Å². The molecule has 0 spiro atoms. The lowest BCUT2D eigenvalue weighted by Gasteiger charge is -2.35. The number of morpholine rings is 1. The van der Waals surface area contributed by atoms with Crippen molar-refractivity contribution < 1.29 is 13.9 Å². The summed E-state index contributed by atoms with van der Waals surface area (Å²) in [5.74, 6) is 0.404. The molecule has 0 aromatic heterocycles. The Bertz CT molecular complexity index is 754. The van der Waals surface area contributed by atoms with E-state index in [1.807, 2.05) is 6.07 Å². The summed E-state index contributed by atoms with van der Waals surface area (Å²) in [4.78, 5) is 22.7. The zero-order valence-corrected chi connectivity index (χ0v) is 19.4. The van der Waals surface area contributed by atoms with Gasteiger partial charge in [-0.3, -0.25) is 9.69 Å². The molecule has 1 aromatic rings. The highest BCUT2D eigenvalue weighted by Gasteiger charge is 2.21. The Balaban J connectivity index is 1.54. The van der Waals surface area contributed by atoms with Crippen molar-refractivity contribution in [2.75, 3.05) is 78.0 Å². The molecule has 0 saturated carbocycles. The van der Waals surface area contributed by atoms with Crippen LogP contribution in [0.15, 0.2) is 29.3 Å². The van der Waals surface area contributed by atoms with E-state index in [0.717, 1.165) is 77.4 Å². The third kappa shape index (κ3) is 7.94. The molecule has 32 heavy (non-hydrogen) atoms. The van der Waals surface area contributed by atoms with Gasteiger partial charge in [0.05, 0.1) is 13.2 Å². The van der Waals surface area contributed by atoms with E-state index in [-0.39, 0.29) is 24.3 Å². The monoisotopic (exact) mass is 448 g/mol. The summed E-state index contributed by atoms with van der Waals surface area (Å²) in [5.41, 5.74) is 0.899. The number of carbonyl (C=O) groups excluding carboxylic acids is 1. The minimum Gasteiger partial charge on any atom is -0.379 e. The maximum atomic E-state index is 13.7. The van der Waals surface area contributed by atoms with Crippen LogP contribution in [0, 0.1) is 5.82 Å². The molecule has 0 bridgehead atoms. The second kappa shape index (κ2) is 12.6. The molecule has 1 unspecified atom stereocenters. The average molecular weight is 449 g/mol. The van der Waals surface area contributed by atoms with Gasteiger partial charge in [0.25, 0.3) is 0 Å². The molecule has 2 aliphatic rings. The summed E-state index contributed by atoms with van der Waals surface area (Å²) in [5, 5.41) is 6.90. The van der Waals surface area contributed by atoms with Gasteiger partial charge < -0.3 is 25.2 Å². The molecule has 2 saturated heterocycles. The summed E-state index contributed by atoms with van der Waals surface area (Å²) < 4.78 is 19.1. The van der Waals surface area contributed by atoms with Gasteiger partial charge in [-0.1, -0.05) is 6.07 Å². The number of aliphatic imine (C=N–C) groups is 1. The largest absolute Gasteiger partial charge is 0.379 e. The van der Waals surface area contributed by atoms with Gasteiger partial charge in [-0.2, -0.15) is 0 Å². The number of anilines is 1. The van der Waals surface area contributed by atoms with Crippen molar-refractivity contribution in [3.05, 3.63) is 30.1 Å². The maximum Gasteiger partial charge on any atom is 0.243 e. The molecular formula is C23H37FN6O2. The van der Waals surface area contributed by atoms with Gasteiger partial charge in [-0.05, 0) is 44.0 Å². The van der Waals surface area contributed by atoms with Crippen LogP contribution in [-0.4, -0.2) is 101 Å². The van der Waals surface area contributed by atoms with Crippen molar-refractivity contribution in [1.82, 2.24) is 20.4 Å². The molecule has 0 aliphatic carbocycles. The van der Waals surface area contributed by atoms with E-state index >= 15 is 0 Å². The van der Waals surface area contributed by atoms with Crippen LogP contribution in [0.2, 0.25) is 0 Å². The van der Waals surface area contributed by atoms with Gasteiger partial charge in [0.2, 0.25) is 5.91 Å². The Morgan fingerprint density at radius 3 is 2.84 bits per heavy atom. The quantitative estimate of drug-likeness (QED) is 0.353. The van der Waals surface area contributed by atoms with E-state index in [0.29, 0.717) is 5.96 Å². The molecule has 178 valence electrons. The van der Waals surface area contributed by atoms with Crippen molar-refractivity contribution in [1.29, 1.82) is 0 Å². The topological polar surface area (TPSA) is 72.4 Å². The molecule has 2 heterocycles. The average Bonchev–Trinajstić information content (AvgIpc) is 2.80. The number of amides is 1. The highest BCUT2D eigenvalue weighted by Crippen LogP contribution is 2.20. The molecule has 1 atom stereocenters. The molecule has 1 amide bonds.